The Kier molecular flexibility index (Phi) is 5.57. The lowest BCUT2D eigenvalue weighted by Crippen LogP contribution is -2.06. The Bertz CT molecular complexity index is 372. The fourth-order valence-electron chi connectivity index (χ4n) is 2.13. The molecule has 2 amide bonds. The lowest BCUT2D eigenvalue weighted by molar-refractivity contribution is 0.124. The summed E-state index contributed by atoms with van der Waals surface area (Å²) in [5.74, 6) is 0. The van der Waals surface area contributed by atoms with E-state index in [1.54, 1.807) is 0 Å². The van der Waals surface area contributed by atoms with Gasteiger partial charge in [0.25, 0.3) is 0 Å². The van der Waals surface area contributed by atoms with Gasteiger partial charge in [0.1, 0.15) is 0 Å². The van der Waals surface area contributed by atoms with Gasteiger partial charge in [-0.1, -0.05) is 35.9 Å². The Morgan fingerprint density at radius 1 is 0.700 bits per heavy atom. The van der Waals surface area contributed by atoms with Crippen LogP contribution in [0, 0.1) is 0 Å². The van der Waals surface area contributed by atoms with Gasteiger partial charge in [0, 0.05) is 12.8 Å². The molecule has 2 unspecified atom stereocenters. The lowest BCUT2D eigenvalue weighted by atomic mass is 10.1. The van der Waals surface area contributed by atoms with E-state index in [-0.39, 0.29) is 12.5 Å². The largest absolute Gasteiger partial charge is 0.454 e. The number of ether oxygens (including phenoxy) is 2. The molecular formula is C12H18N4O4. The molecule has 110 valence electrons. The van der Waals surface area contributed by atoms with Crippen LogP contribution in [0.4, 0.5) is 9.59 Å². The molecule has 0 fully saturated rings. The van der Waals surface area contributed by atoms with Crippen molar-refractivity contribution in [2.45, 2.75) is 63.8 Å². The normalized spacial score (nSPS) is 24.2. The van der Waals surface area contributed by atoms with Crippen LogP contribution >= 0.6 is 0 Å². The van der Waals surface area contributed by atoms with Crippen molar-refractivity contribution in [2.75, 3.05) is 0 Å². The van der Waals surface area contributed by atoms with Gasteiger partial charge in [0.2, 0.25) is 12.5 Å². The molecule has 8 nitrogen and oxygen atoms in total. The number of azo groups is 2. The average Bonchev–Trinajstić information content (AvgIpc) is 3.02. The fourth-order valence-corrected chi connectivity index (χ4v) is 2.13. The molecule has 0 aromatic carbocycles. The average molecular weight is 282 g/mol. The number of nitrogens with zero attached hydrogens (tertiary/aromatic N) is 4. The Balaban J connectivity index is 1.37. The van der Waals surface area contributed by atoms with Crippen LogP contribution in [0.2, 0.25) is 0 Å². The summed E-state index contributed by atoms with van der Waals surface area (Å²) in [7, 11) is 0. The van der Waals surface area contributed by atoms with Gasteiger partial charge in [-0.3, -0.25) is 0 Å². The minimum absolute atomic E-state index is 0.370. The topological polar surface area (TPSA) is 102 Å². The third-order valence-corrected chi connectivity index (χ3v) is 3.16. The molecule has 2 heterocycles. The molecular weight excluding hydrogens is 264 g/mol. The zero-order valence-corrected chi connectivity index (χ0v) is 11.2. The molecule has 8 heteroatoms. The van der Waals surface area contributed by atoms with E-state index < -0.39 is 12.2 Å². The summed E-state index contributed by atoms with van der Waals surface area (Å²) < 4.78 is 9.68. The smallest absolute Gasteiger partial charge is 0.419 e. The molecule has 0 N–H and O–H groups in total. The van der Waals surface area contributed by atoms with Crippen molar-refractivity contribution in [2.24, 2.45) is 20.5 Å². The molecule has 2 rings (SSSR count). The Morgan fingerprint density at radius 2 is 1.10 bits per heavy atom. The maximum atomic E-state index is 10.7. The zero-order chi connectivity index (χ0) is 14.2. The molecule has 0 saturated carbocycles. The van der Waals surface area contributed by atoms with Gasteiger partial charge in [-0.15, -0.1) is 10.2 Å². The Hall–Kier alpha value is -1.86. The van der Waals surface area contributed by atoms with Crippen molar-refractivity contribution in [3.63, 3.8) is 0 Å². The van der Waals surface area contributed by atoms with E-state index >= 15 is 0 Å². The number of carbonyl (C=O) groups excluding carboxylic acids is 2. The van der Waals surface area contributed by atoms with E-state index in [2.05, 4.69) is 20.5 Å². The molecule has 0 bridgehead atoms. The summed E-state index contributed by atoms with van der Waals surface area (Å²) in [4.78, 5) is 21.3. The summed E-state index contributed by atoms with van der Waals surface area (Å²) >= 11 is 0. The van der Waals surface area contributed by atoms with E-state index in [1.807, 2.05) is 0 Å². The lowest BCUT2D eigenvalue weighted by Gasteiger charge is -2.06. The molecule has 0 aliphatic carbocycles. The minimum atomic E-state index is -0.584. The molecule has 20 heavy (non-hydrogen) atoms. The third kappa shape index (κ3) is 5.02. The number of rotatable bonds is 9. The van der Waals surface area contributed by atoms with Crippen LogP contribution in [-0.4, -0.2) is 24.6 Å². The molecule has 0 spiro atoms. The van der Waals surface area contributed by atoms with E-state index in [4.69, 9.17) is 9.47 Å². The summed E-state index contributed by atoms with van der Waals surface area (Å²) in [6, 6.07) is 0. The highest BCUT2D eigenvalue weighted by atomic mass is 16.6. The van der Waals surface area contributed by atoms with Crippen LogP contribution in [-0.2, 0) is 9.47 Å². The molecule has 0 saturated heterocycles. The highest BCUT2D eigenvalue weighted by Crippen LogP contribution is 2.17. The molecule has 0 aromatic heterocycles. The predicted molar refractivity (Wildman–Crippen MR) is 67.2 cm³/mol. The summed E-state index contributed by atoms with van der Waals surface area (Å²) in [5, 5.41) is 14.0. The SMILES string of the molecule is O=C1N=NC(CCCCCCCCC2N=NC(=O)O2)O1. The summed E-state index contributed by atoms with van der Waals surface area (Å²) in [6.07, 6.45) is 5.96. The number of cyclic esters (lactones) is 2. The van der Waals surface area contributed by atoms with Crippen molar-refractivity contribution in [3.8, 4) is 0 Å². The van der Waals surface area contributed by atoms with E-state index in [1.165, 1.54) is 0 Å². The van der Waals surface area contributed by atoms with Gasteiger partial charge < -0.3 is 9.47 Å². The van der Waals surface area contributed by atoms with Crippen LogP contribution in [0.3, 0.4) is 0 Å². The van der Waals surface area contributed by atoms with Crippen molar-refractivity contribution < 1.29 is 19.1 Å². The highest BCUT2D eigenvalue weighted by Gasteiger charge is 2.19. The monoisotopic (exact) mass is 282 g/mol. The first kappa shape index (κ1) is 14.5. The Labute approximate surface area is 116 Å². The van der Waals surface area contributed by atoms with E-state index in [0.717, 1.165) is 51.4 Å². The van der Waals surface area contributed by atoms with Crippen LogP contribution < -0.4 is 0 Å². The van der Waals surface area contributed by atoms with Gasteiger partial charge >= 0.3 is 12.2 Å². The van der Waals surface area contributed by atoms with Gasteiger partial charge in [0.15, 0.2) is 0 Å². The van der Waals surface area contributed by atoms with Gasteiger partial charge in [0.05, 0.1) is 0 Å². The quantitative estimate of drug-likeness (QED) is 0.597. The minimum Gasteiger partial charge on any atom is -0.419 e. The van der Waals surface area contributed by atoms with Crippen molar-refractivity contribution in [1.29, 1.82) is 0 Å². The van der Waals surface area contributed by atoms with Crippen LogP contribution in [0.1, 0.15) is 51.4 Å². The first-order valence-electron chi connectivity index (χ1n) is 6.97. The van der Waals surface area contributed by atoms with Crippen molar-refractivity contribution >= 4 is 12.2 Å². The van der Waals surface area contributed by atoms with Crippen LogP contribution in [0.5, 0.6) is 0 Å². The maximum absolute atomic E-state index is 10.7. The second-order valence-electron chi connectivity index (χ2n) is 4.81. The zero-order valence-electron chi connectivity index (χ0n) is 11.2. The number of carbonyl (C=O) groups is 2. The number of hydrogen-bond acceptors (Lipinski definition) is 6. The molecule has 0 radical (unpaired) electrons. The molecule has 2 atom stereocenters. The van der Waals surface area contributed by atoms with Crippen molar-refractivity contribution in [3.05, 3.63) is 0 Å². The summed E-state index contributed by atoms with van der Waals surface area (Å²) in [5.41, 5.74) is 0. The highest BCUT2D eigenvalue weighted by molar-refractivity contribution is 5.69. The fraction of sp³-hybridized carbons (Fsp3) is 0.833. The second-order valence-corrected chi connectivity index (χ2v) is 4.81. The third-order valence-electron chi connectivity index (χ3n) is 3.16. The first-order valence-corrected chi connectivity index (χ1v) is 6.97. The van der Waals surface area contributed by atoms with E-state index in [0.29, 0.717) is 0 Å². The van der Waals surface area contributed by atoms with Gasteiger partial charge in [-0.2, -0.15) is 0 Å². The van der Waals surface area contributed by atoms with Crippen molar-refractivity contribution in [1.82, 2.24) is 0 Å². The van der Waals surface area contributed by atoms with Gasteiger partial charge in [-0.05, 0) is 12.8 Å². The number of amides is 2. The number of hydrogen-bond donors (Lipinski definition) is 0. The first-order chi connectivity index (χ1) is 9.74. The van der Waals surface area contributed by atoms with Crippen LogP contribution in [0.15, 0.2) is 20.5 Å². The standard InChI is InChI=1S/C12H18N4O4/c17-11-15-13-9(19-11)7-5-3-1-2-4-6-8-10-14-16-12(18)20-10/h9-10H,1-8H2. The summed E-state index contributed by atoms with van der Waals surface area (Å²) in [6.45, 7) is 0. The molecule has 0 aromatic rings. The molecule has 2 aliphatic rings. The maximum Gasteiger partial charge on any atom is 0.454 e. The Morgan fingerprint density at radius 3 is 1.45 bits per heavy atom. The molecule has 2 aliphatic heterocycles. The second kappa shape index (κ2) is 7.66. The van der Waals surface area contributed by atoms with Crippen LogP contribution in [0.25, 0.3) is 0 Å². The van der Waals surface area contributed by atoms with E-state index in [9.17, 15) is 9.59 Å². The number of unbranched alkanes of at least 4 members (excludes halogenated alkanes) is 5. The van der Waals surface area contributed by atoms with Gasteiger partial charge in [-0.25, -0.2) is 9.59 Å². The predicted octanol–water partition coefficient (Wildman–Crippen LogP) is 3.96.